The van der Waals surface area contributed by atoms with Crippen molar-refractivity contribution in [2.24, 2.45) is 0 Å². The van der Waals surface area contributed by atoms with Crippen LogP contribution in [0.2, 0.25) is 0 Å². The van der Waals surface area contributed by atoms with Gasteiger partial charge in [0.2, 0.25) is 0 Å². The van der Waals surface area contributed by atoms with E-state index in [1.807, 2.05) is 18.0 Å². The quantitative estimate of drug-likeness (QED) is 0.448. The van der Waals surface area contributed by atoms with E-state index in [0.29, 0.717) is 31.0 Å². The summed E-state index contributed by atoms with van der Waals surface area (Å²) in [5, 5.41) is 16.4. The summed E-state index contributed by atoms with van der Waals surface area (Å²) in [5.74, 6) is 0.420. The first-order valence-corrected chi connectivity index (χ1v) is 11.5. The molecule has 1 aliphatic heterocycles. The molecule has 7 nitrogen and oxygen atoms in total. The van der Waals surface area contributed by atoms with Crippen LogP contribution >= 0.6 is 0 Å². The first-order valence-electron chi connectivity index (χ1n) is 11.5. The van der Waals surface area contributed by atoms with Crippen LogP contribution in [-0.2, 0) is 13.0 Å². The lowest BCUT2D eigenvalue weighted by atomic mass is 10.00. The van der Waals surface area contributed by atoms with Crippen molar-refractivity contribution in [2.45, 2.75) is 38.6 Å². The summed E-state index contributed by atoms with van der Waals surface area (Å²) < 4.78 is 13.5. The molecule has 0 bridgehead atoms. The first kappa shape index (κ1) is 25.1. The van der Waals surface area contributed by atoms with Crippen LogP contribution in [-0.4, -0.2) is 79.0 Å². The Labute approximate surface area is 196 Å². The SMILES string of the molecule is CN(CCNCC(C)(C)F)c1cc(C(=O)NC[C@H](O)CN2CCc3ccccc3C2)ccn1. The van der Waals surface area contributed by atoms with Crippen LogP contribution in [0.15, 0.2) is 42.6 Å². The first-order chi connectivity index (χ1) is 15.7. The van der Waals surface area contributed by atoms with Gasteiger partial charge < -0.3 is 20.6 Å². The molecule has 2 heterocycles. The number of alkyl halides is 1. The van der Waals surface area contributed by atoms with Gasteiger partial charge in [0, 0.05) is 64.6 Å². The number of carbonyl (C=O) groups is 1. The van der Waals surface area contributed by atoms with Crippen LogP contribution in [0.5, 0.6) is 0 Å². The number of pyridine rings is 1. The van der Waals surface area contributed by atoms with Crippen LogP contribution in [0.1, 0.15) is 35.3 Å². The molecule has 2 aromatic rings. The Morgan fingerprint density at radius 3 is 2.82 bits per heavy atom. The van der Waals surface area contributed by atoms with Gasteiger partial charge in [0.05, 0.1) is 6.10 Å². The number of aliphatic hydroxyl groups is 1. The molecule has 33 heavy (non-hydrogen) atoms. The number of hydrogen-bond acceptors (Lipinski definition) is 6. The Morgan fingerprint density at radius 2 is 2.06 bits per heavy atom. The molecular formula is C25H36FN5O2. The average Bonchev–Trinajstić information content (AvgIpc) is 2.79. The third-order valence-corrected chi connectivity index (χ3v) is 5.75. The van der Waals surface area contributed by atoms with Crippen LogP contribution < -0.4 is 15.5 Å². The van der Waals surface area contributed by atoms with Crippen LogP contribution in [0.25, 0.3) is 0 Å². The minimum Gasteiger partial charge on any atom is -0.390 e. The summed E-state index contributed by atoms with van der Waals surface area (Å²) in [4.78, 5) is 21.1. The number of aliphatic hydroxyl groups excluding tert-OH is 1. The molecule has 0 unspecified atom stereocenters. The van der Waals surface area contributed by atoms with Gasteiger partial charge in [-0.15, -0.1) is 0 Å². The minimum atomic E-state index is -1.25. The molecule has 1 aliphatic rings. The van der Waals surface area contributed by atoms with Gasteiger partial charge >= 0.3 is 0 Å². The van der Waals surface area contributed by atoms with Crippen molar-refractivity contribution < 1.29 is 14.3 Å². The predicted octanol–water partition coefficient (Wildman–Crippen LogP) is 2.00. The molecular weight excluding hydrogens is 421 g/mol. The maximum Gasteiger partial charge on any atom is 0.251 e. The smallest absolute Gasteiger partial charge is 0.251 e. The highest BCUT2D eigenvalue weighted by Gasteiger charge is 2.19. The molecule has 0 fully saturated rings. The molecule has 0 saturated heterocycles. The lowest BCUT2D eigenvalue weighted by Crippen LogP contribution is -2.42. The fourth-order valence-corrected chi connectivity index (χ4v) is 3.90. The monoisotopic (exact) mass is 457 g/mol. The zero-order chi connectivity index (χ0) is 23.8. The molecule has 180 valence electrons. The summed E-state index contributed by atoms with van der Waals surface area (Å²) in [6, 6.07) is 11.8. The van der Waals surface area contributed by atoms with Gasteiger partial charge in [-0.3, -0.25) is 9.69 Å². The van der Waals surface area contributed by atoms with Gasteiger partial charge in [-0.05, 0) is 43.5 Å². The molecule has 1 amide bonds. The molecule has 0 spiro atoms. The second-order valence-electron chi connectivity index (χ2n) is 9.34. The summed E-state index contributed by atoms with van der Waals surface area (Å²) in [7, 11) is 1.88. The molecule has 0 radical (unpaired) electrons. The number of halogens is 1. The molecule has 1 atom stereocenters. The predicted molar refractivity (Wildman–Crippen MR) is 129 cm³/mol. The molecule has 3 rings (SSSR count). The molecule has 8 heteroatoms. The zero-order valence-corrected chi connectivity index (χ0v) is 19.9. The third-order valence-electron chi connectivity index (χ3n) is 5.75. The highest BCUT2D eigenvalue weighted by atomic mass is 19.1. The number of benzene rings is 1. The van der Waals surface area contributed by atoms with Crippen LogP contribution in [0.3, 0.4) is 0 Å². The van der Waals surface area contributed by atoms with Gasteiger partial charge in [0.25, 0.3) is 5.91 Å². The lowest BCUT2D eigenvalue weighted by molar-refractivity contribution is 0.0842. The zero-order valence-electron chi connectivity index (χ0n) is 19.9. The van der Waals surface area contributed by atoms with E-state index in [0.717, 1.165) is 19.5 Å². The van der Waals surface area contributed by atoms with Crippen LogP contribution in [0, 0.1) is 0 Å². The molecule has 1 aromatic heterocycles. The van der Waals surface area contributed by atoms with E-state index in [-0.39, 0.29) is 19.0 Å². The number of β-amino-alcohol motifs (C(OH)–C–C–N with tert-alkyl or cyclic N) is 1. The highest BCUT2D eigenvalue weighted by Crippen LogP contribution is 2.18. The molecule has 0 aliphatic carbocycles. The largest absolute Gasteiger partial charge is 0.390 e. The number of amides is 1. The second-order valence-corrected chi connectivity index (χ2v) is 9.34. The number of rotatable bonds is 11. The van der Waals surface area contributed by atoms with Crippen LogP contribution in [0.4, 0.5) is 10.2 Å². The summed E-state index contributed by atoms with van der Waals surface area (Å²) in [6.07, 6.45) is 1.93. The average molecular weight is 458 g/mol. The van der Waals surface area contributed by atoms with E-state index in [9.17, 15) is 14.3 Å². The van der Waals surface area contributed by atoms with Gasteiger partial charge in [0.1, 0.15) is 11.5 Å². The third kappa shape index (κ3) is 8.07. The second kappa shape index (κ2) is 11.5. The number of fused-ring (bicyclic) bond motifs is 1. The lowest BCUT2D eigenvalue weighted by Gasteiger charge is -2.30. The van der Waals surface area contributed by atoms with E-state index in [1.165, 1.54) is 25.0 Å². The van der Waals surface area contributed by atoms with Crippen molar-refractivity contribution in [3.8, 4) is 0 Å². The standard InChI is InChI=1S/C25H36FN5O2/c1-25(2,26)18-27-11-13-30(3)23-14-20(8-10-28-23)24(33)29-15-22(32)17-31-12-9-19-6-4-5-7-21(19)16-31/h4-8,10,14,22,27,32H,9,11-13,15-18H2,1-3H3,(H,29,33)/t22-/m0/s1. The maximum atomic E-state index is 13.5. The summed E-state index contributed by atoms with van der Waals surface area (Å²) in [5.41, 5.74) is 1.91. The highest BCUT2D eigenvalue weighted by molar-refractivity contribution is 5.94. The van der Waals surface area contributed by atoms with Crippen molar-refractivity contribution >= 4 is 11.7 Å². The van der Waals surface area contributed by atoms with Crippen molar-refractivity contribution in [1.29, 1.82) is 0 Å². The van der Waals surface area contributed by atoms with Gasteiger partial charge in [-0.2, -0.15) is 0 Å². The Hall–Kier alpha value is -2.55. The number of anilines is 1. The van der Waals surface area contributed by atoms with E-state index in [1.54, 1.807) is 18.3 Å². The fourth-order valence-electron chi connectivity index (χ4n) is 3.90. The van der Waals surface area contributed by atoms with E-state index in [4.69, 9.17) is 0 Å². The number of aromatic nitrogens is 1. The van der Waals surface area contributed by atoms with Crippen molar-refractivity contribution in [2.75, 3.05) is 51.2 Å². The molecule has 1 aromatic carbocycles. The molecule has 0 saturated carbocycles. The fraction of sp³-hybridized carbons (Fsp3) is 0.520. The van der Waals surface area contributed by atoms with E-state index < -0.39 is 11.8 Å². The van der Waals surface area contributed by atoms with Crippen molar-refractivity contribution in [3.63, 3.8) is 0 Å². The van der Waals surface area contributed by atoms with Crippen molar-refractivity contribution in [1.82, 2.24) is 20.5 Å². The number of hydrogen-bond donors (Lipinski definition) is 3. The summed E-state index contributed by atoms with van der Waals surface area (Å²) >= 11 is 0. The topological polar surface area (TPSA) is 80.7 Å². The normalized spacial score (nSPS) is 15.1. The number of nitrogens with zero attached hydrogens (tertiary/aromatic N) is 3. The van der Waals surface area contributed by atoms with E-state index in [2.05, 4.69) is 38.7 Å². The minimum absolute atomic E-state index is 0.188. The number of nitrogens with one attached hydrogen (secondary N) is 2. The van der Waals surface area contributed by atoms with E-state index >= 15 is 0 Å². The number of carbonyl (C=O) groups excluding carboxylic acids is 1. The maximum absolute atomic E-state index is 13.5. The Kier molecular flexibility index (Phi) is 8.77. The van der Waals surface area contributed by atoms with Gasteiger partial charge in [-0.1, -0.05) is 24.3 Å². The Balaban J connectivity index is 1.43. The Morgan fingerprint density at radius 1 is 1.30 bits per heavy atom. The van der Waals surface area contributed by atoms with Gasteiger partial charge in [-0.25, -0.2) is 9.37 Å². The van der Waals surface area contributed by atoms with Crippen molar-refractivity contribution in [3.05, 3.63) is 59.3 Å². The molecule has 3 N–H and O–H groups in total. The van der Waals surface area contributed by atoms with Gasteiger partial charge in [0.15, 0.2) is 0 Å². The summed E-state index contributed by atoms with van der Waals surface area (Å²) in [6.45, 7) is 7.02. The Bertz CT molecular complexity index is 918. The number of likely N-dealkylation sites (N-methyl/N-ethyl adjacent to an activating group) is 1.